The van der Waals surface area contributed by atoms with Gasteiger partial charge in [0.1, 0.15) is 11.4 Å². The molecule has 94 valence electrons. The third-order valence-corrected chi connectivity index (χ3v) is 3.50. The molecule has 1 atom stereocenters. The first-order valence-corrected chi connectivity index (χ1v) is 5.84. The highest BCUT2D eigenvalue weighted by molar-refractivity contribution is 6.08. The lowest BCUT2D eigenvalue weighted by Crippen LogP contribution is -2.57. The quantitative estimate of drug-likeness (QED) is 0.715. The Labute approximate surface area is 101 Å². The summed E-state index contributed by atoms with van der Waals surface area (Å²) in [4.78, 5) is 13.5. The minimum absolute atomic E-state index is 0.201. The molecule has 0 saturated carbocycles. The second kappa shape index (κ2) is 3.84. The number of amides is 2. The second-order valence-electron chi connectivity index (χ2n) is 5.27. The van der Waals surface area contributed by atoms with Crippen molar-refractivity contribution >= 4 is 11.9 Å². The van der Waals surface area contributed by atoms with Gasteiger partial charge in [-0.25, -0.2) is 4.79 Å². The third-order valence-electron chi connectivity index (χ3n) is 3.50. The van der Waals surface area contributed by atoms with Crippen LogP contribution in [0.1, 0.15) is 26.7 Å². The van der Waals surface area contributed by atoms with Gasteiger partial charge < -0.3 is 9.64 Å². The van der Waals surface area contributed by atoms with E-state index in [1.807, 2.05) is 13.8 Å². The summed E-state index contributed by atoms with van der Waals surface area (Å²) in [6.45, 7) is 8.70. The molecular formula is C12H19N3O2. The van der Waals surface area contributed by atoms with Crippen LogP contribution in [0.2, 0.25) is 0 Å². The van der Waals surface area contributed by atoms with Crippen LogP contribution in [0, 0.1) is 5.41 Å². The average molecular weight is 237 g/mol. The van der Waals surface area contributed by atoms with Crippen molar-refractivity contribution in [2.24, 2.45) is 0 Å². The molecule has 0 bridgehead atoms. The predicted octanol–water partition coefficient (Wildman–Crippen LogP) is 1.50. The maximum Gasteiger partial charge on any atom is 0.323 e. The summed E-state index contributed by atoms with van der Waals surface area (Å²) in [6, 6.07) is -0.201. The summed E-state index contributed by atoms with van der Waals surface area (Å²) in [5.41, 5.74) is -0.844. The Morgan fingerprint density at radius 1 is 1.65 bits per heavy atom. The summed E-state index contributed by atoms with van der Waals surface area (Å²) in [5.74, 6) is 0.292. The molecule has 2 amide bonds. The summed E-state index contributed by atoms with van der Waals surface area (Å²) < 4.78 is 5.67. The Kier molecular flexibility index (Phi) is 2.73. The molecule has 17 heavy (non-hydrogen) atoms. The molecular weight excluding hydrogens is 218 g/mol. The Balaban J connectivity index is 2.34. The van der Waals surface area contributed by atoms with Crippen LogP contribution in [-0.4, -0.2) is 41.1 Å². The largest absolute Gasteiger partial charge is 0.375 e. The molecule has 2 aliphatic rings. The highest BCUT2D eigenvalue weighted by Gasteiger charge is 2.54. The predicted molar refractivity (Wildman–Crippen MR) is 65.2 cm³/mol. The zero-order valence-electron chi connectivity index (χ0n) is 10.4. The lowest BCUT2D eigenvalue weighted by Gasteiger charge is -2.45. The maximum atomic E-state index is 11.8. The van der Waals surface area contributed by atoms with E-state index in [0.717, 1.165) is 0 Å². The summed E-state index contributed by atoms with van der Waals surface area (Å²) in [5, 5.41) is 10.7. The Hall–Kier alpha value is -1.36. The van der Waals surface area contributed by atoms with Crippen molar-refractivity contribution in [3.05, 3.63) is 12.7 Å². The Morgan fingerprint density at radius 3 is 2.94 bits per heavy atom. The molecule has 0 aromatic heterocycles. The lowest BCUT2D eigenvalue weighted by atomic mass is 9.80. The van der Waals surface area contributed by atoms with E-state index in [-0.39, 0.29) is 11.6 Å². The molecule has 1 unspecified atom stereocenters. The highest BCUT2D eigenvalue weighted by Crippen LogP contribution is 2.39. The van der Waals surface area contributed by atoms with Gasteiger partial charge in [0.15, 0.2) is 0 Å². The number of carbonyl (C=O) groups is 1. The van der Waals surface area contributed by atoms with Crippen LogP contribution in [0.4, 0.5) is 4.79 Å². The molecule has 5 nitrogen and oxygen atoms in total. The zero-order chi connectivity index (χ0) is 12.7. The summed E-state index contributed by atoms with van der Waals surface area (Å²) >= 11 is 0. The van der Waals surface area contributed by atoms with Gasteiger partial charge >= 0.3 is 6.03 Å². The van der Waals surface area contributed by atoms with Crippen molar-refractivity contribution in [1.82, 2.24) is 10.2 Å². The fraction of sp³-hybridized carbons (Fsp3) is 0.667. The van der Waals surface area contributed by atoms with Gasteiger partial charge in [-0.2, -0.15) is 0 Å². The molecule has 2 fully saturated rings. The van der Waals surface area contributed by atoms with Crippen LogP contribution >= 0.6 is 0 Å². The monoisotopic (exact) mass is 237 g/mol. The smallest absolute Gasteiger partial charge is 0.323 e. The van der Waals surface area contributed by atoms with E-state index in [0.29, 0.717) is 31.8 Å². The topological polar surface area (TPSA) is 65.4 Å². The van der Waals surface area contributed by atoms with Crippen molar-refractivity contribution in [1.29, 1.82) is 5.41 Å². The maximum absolute atomic E-state index is 11.8. The average Bonchev–Trinajstić information content (AvgIpc) is 2.42. The summed E-state index contributed by atoms with van der Waals surface area (Å²) in [7, 11) is 0. The Bertz CT molecular complexity index is 378. The van der Waals surface area contributed by atoms with E-state index >= 15 is 0 Å². The number of urea groups is 1. The number of hydrogen-bond donors (Lipinski definition) is 2. The van der Waals surface area contributed by atoms with E-state index < -0.39 is 5.54 Å². The molecule has 2 saturated heterocycles. The first-order chi connectivity index (χ1) is 7.91. The normalized spacial score (nSPS) is 31.8. The molecule has 1 spiro atoms. The first-order valence-electron chi connectivity index (χ1n) is 5.84. The summed E-state index contributed by atoms with van der Waals surface area (Å²) in [6.07, 6.45) is 3.01. The van der Waals surface area contributed by atoms with Crippen molar-refractivity contribution in [3.8, 4) is 0 Å². The van der Waals surface area contributed by atoms with Gasteiger partial charge in [-0.05, 0) is 13.8 Å². The number of amidine groups is 1. The van der Waals surface area contributed by atoms with E-state index in [1.165, 1.54) is 0 Å². The standard InChI is InChI=1S/C12H19N3O2/c1-4-6-15-10(16)14-9(13)12(15)5-7-17-11(2,3)8-12/h4H,1,5-8H2,2-3H3,(H2,13,14,16). The zero-order valence-corrected chi connectivity index (χ0v) is 10.4. The number of ether oxygens (including phenoxy) is 1. The SMILES string of the molecule is C=CCN1C(=O)NC(=N)C12CCOC(C)(C)C2. The van der Waals surface area contributed by atoms with E-state index in [9.17, 15) is 4.79 Å². The fourth-order valence-electron chi connectivity index (χ4n) is 2.79. The minimum Gasteiger partial charge on any atom is -0.375 e. The van der Waals surface area contributed by atoms with E-state index in [4.69, 9.17) is 10.1 Å². The van der Waals surface area contributed by atoms with Gasteiger partial charge in [-0.15, -0.1) is 6.58 Å². The van der Waals surface area contributed by atoms with Gasteiger partial charge in [0.05, 0.1) is 5.60 Å². The number of nitrogens with zero attached hydrogens (tertiary/aromatic N) is 1. The second-order valence-corrected chi connectivity index (χ2v) is 5.27. The molecule has 2 rings (SSSR count). The molecule has 2 N–H and O–H groups in total. The molecule has 0 radical (unpaired) electrons. The number of hydrogen-bond acceptors (Lipinski definition) is 3. The molecule has 0 aromatic carbocycles. The van der Waals surface area contributed by atoms with Crippen molar-refractivity contribution in [2.75, 3.05) is 13.2 Å². The van der Waals surface area contributed by atoms with Gasteiger partial charge in [0, 0.05) is 26.0 Å². The number of nitrogens with one attached hydrogen (secondary N) is 2. The van der Waals surface area contributed by atoms with Gasteiger partial charge in [0.2, 0.25) is 0 Å². The number of carbonyl (C=O) groups excluding carboxylic acids is 1. The van der Waals surface area contributed by atoms with Crippen LogP contribution in [0.5, 0.6) is 0 Å². The van der Waals surface area contributed by atoms with E-state index in [2.05, 4.69) is 11.9 Å². The van der Waals surface area contributed by atoms with Crippen molar-refractivity contribution in [2.45, 2.75) is 37.8 Å². The molecule has 5 heteroatoms. The Morgan fingerprint density at radius 2 is 2.35 bits per heavy atom. The molecule has 2 aliphatic heterocycles. The van der Waals surface area contributed by atoms with E-state index in [1.54, 1.807) is 11.0 Å². The van der Waals surface area contributed by atoms with Crippen LogP contribution in [0.15, 0.2) is 12.7 Å². The number of rotatable bonds is 2. The lowest BCUT2D eigenvalue weighted by molar-refractivity contribution is -0.0875. The van der Waals surface area contributed by atoms with Gasteiger partial charge in [0.25, 0.3) is 0 Å². The minimum atomic E-state index is -0.535. The highest BCUT2D eigenvalue weighted by atomic mass is 16.5. The third kappa shape index (κ3) is 1.84. The first kappa shape index (κ1) is 12.1. The van der Waals surface area contributed by atoms with Crippen molar-refractivity contribution in [3.63, 3.8) is 0 Å². The van der Waals surface area contributed by atoms with Gasteiger partial charge in [-0.1, -0.05) is 6.08 Å². The fourth-order valence-corrected chi connectivity index (χ4v) is 2.79. The molecule has 2 heterocycles. The van der Waals surface area contributed by atoms with Gasteiger partial charge in [-0.3, -0.25) is 10.7 Å². The van der Waals surface area contributed by atoms with Crippen LogP contribution in [0.25, 0.3) is 0 Å². The van der Waals surface area contributed by atoms with Crippen molar-refractivity contribution < 1.29 is 9.53 Å². The molecule has 0 aromatic rings. The van der Waals surface area contributed by atoms with Crippen LogP contribution < -0.4 is 5.32 Å². The van der Waals surface area contributed by atoms with Crippen LogP contribution in [0.3, 0.4) is 0 Å². The molecule has 0 aliphatic carbocycles. The van der Waals surface area contributed by atoms with Crippen LogP contribution in [-0.2, 0) is 4.74 Å².